The summed E-state index contributed by atoms with van der Waals surface area (Å²) in [6.45, 7) is 6.35. The first-order chi connectivity index (χ1) is 12.0. The SMILES string of the molecule is CCn1nc(C)c2ccn(CC(=O)N[C@@H](C)c3ccccc3)c(=O)c21. The van der Waals surface area contributed by atoms with Gasteiger partial charge in [-0.2, -0.15) is 5.10 Å². The largest absolute Gasteiger partial charge is 0.348 e. The summed E-state index contributed by atoms with van der Waals surface area (Å²) < 4.78 is 3.12. The van der Waals surface area contributed by atoms with Crippen molar-refractivity contribution < 1.29 is 4.79 Å². The van der Waals surface area contributed by atoms with E-state index in [0.717, 1.165) is 16.6 Å². The van der Waals surface area contributed by atoms with Crippen LogP contribution in [0.15, 0.2) is 47.4 Å². The topological polar surface area (TPSA) is 68.9 Å². The van der Waals surface area contributed by atoms with Gasteiger partial charge in [-0.1, -0.05) is 30.3 Å². The number of nitrogens with zero attached hydrogens (tertiary/aromatic N) is 3. The van der Waals surface area contributed by atoms with Crippen LogP contribution in [0.3, 0.4) is 0 Å². The molecule has 6 heteroatoms. The van der Waals surface area contributed by atoms with Crippen LogP contribution in [0.5, 0.6) is 0 Å². The molecule has 3 rings (SSSR count). The highest BCUT2D eigenvalue weighted by molar-refractivity contribution is 5.81. The standard InChI is InChI=1S/C19H22N4O2/c1-4-23-18-16(14(3)21-23)10-11-22(19(18)25)12-17(24)20-13(2)15-8-6-5-7-9-15/h5-11,13H,4,12H2,1-3H3,(H,20,24)/t13-/m0/s1. The Balaban J connectivity index is 1.82. The summed E-state index contributed by atoms with van der Waals surface area (Å²) in [5.74, 6) is -0.197. The lowest BCUT2D eigenvalue weighted by Crippen LogP contribution is -2.34. The third-order valence-corrected chi connectivity index (χ3v) is 4.35. The fraction of sp³-hybridized carbons (Fsp3) is 0.316. The van der Waals surface area contributed by atoms with Gasteiger partial charge in [-0.05, 0) is 32.4 Å². The minimum atomic E-state index is -0.197. The van der Waals surface area contributed by atoms with Crippen LogP contribution >= 0.6 is 0 Å². The zero-order valence-electron chi connectivity index (χ0n) is 14.7. The zero-order valence-corrected chi connectivity index (χ0v) is 14.7. The van der Waals surface area contributed by atoms with E-state index in [0.29, 0.717) is 12.1 Å². The fourth-order valence-corrected chi connectivity index (χ4v) is 3.01. The van der Waals surface area contributed by atoms with Crippen molar-refractivity contribution in [3.05, 3.63) is 64.2 Å². The van der Waals surface area contributed by atoms with Gasteiger partial charge in [0.05, 0.1) is 11.7 Å². The molecule has 1 atom stereocenters. The van der Waals surface area contributed by atoms with Crippen LogP contribution in [-0.2, 0) is 17.9 Å². The van der Waals surface area contributed by atoms with E-state index in [1.165, 1.54) is 4.57 Å². The lowest BCUT2D eigenvalue weighted by Gasteiger charge is -2.15. The fourth-order valence-electron chi connectivity index (χ4n) is 3.01. The molecule has 0 unspecified atom stereocenters. The number of pyridine rings is 1. The predicted molar refractivity (Wildman–Crippen MR) is 97.4 cm³/mol. The Kier molecular flexibility index (Phi) is 4.70. The zero-order chi connectivity index (χ0) is 18.0. The number of carbonyl (C=O) groups is 1. The summed E-state index contributed by atoms with van der Waals surface area (Å²) in [5.41, 5.74) is 2.20. The van der Waals surface area contributed by atoms with E-state index in [9.17, 15) is 9.59 Å². The number of hydrogen-bond acceptors (Lipinski definition) is 3. The van der Waals surface area contributed by atoms with Crippen LogP contribution in [0, 0.1) is 6.92 Å². The number of benzene rings is 1. The van der Waals surface area contributed by atoms with E-state index in [1.807, 2.05) is 57.2 Å². The Morgan fingerprint density at radius 3 is 2.64 bits per heavy atom. The van der Waals surface area contributed by atoms with Crippen molar-refractivity contribution in [2.24, 2.45) is 0 Å². The van der Waals surface area contributed by atoms with Gasteiger partial charge in [-0.3, -0.25) is 14.3 Å². The first-order valence-corrected chi connectivity index (χ1v) is 8.42. The smallest absolute Gasteiger partial charge is 0.277 e. The van der Waals surface area contributed by atoms with Gasteiger partial charge in [-0.15, -0.1) is 0 Å². The molecule has 0 radical (unpaired) electrons. The molecule has 0 aliphatic rings. The second kappa shape index (κ2) is 6.93. The second-order valence-electron chi connectivity index (χ2n) is 6.11. The third-order valence-electron chi connectivity index (χ3n) is 4.35. The summed E-state index contributed by atoms with van der Waals surface area (Å²) in [4.78, 5) is 25.1. The molecule has 0 saturated heterocycles. The summed E-state index contributed by atoms with van der Waals surface area (Å²) in [6.07, 6.45) is 1.66. The Morgan fingerprint density at radius 2 is 1.96 bits per heavy atom. The van der Waals surface area contributed by atoms with E-state index in [2.05, 4.69) is 10.4 Å². The number of aromatic nitrogens is 3. The summed E-state index contributed by atoms with van der Waals surface area (Å²) in [5, 5.41) is 8.15. The number of hydrogen-bond donors (Lipinski definition) is 1. The van der Waals surface area contributed by atoms with Crippen LogP contribution < -0.4 is 10.9 Å². The van der Waals surface area contributed by atoms with E-state index in [-0.39, 0.29) is 24.1 Å². The molecule has 2 heterocycles. The molecule has 0 saturated carbocycles. The maximum absolute atomic E-state index is 12.7. The minimum absolute atomic E-state index is 0.0140. The van der Waals surface area contributed by atoms with Gasteiger partial charge in [0.25, 0.3) is 5.56 Å². The first-order valence-electron chi connectivity index (χ1n) is 8.42. The van der Waals surface area contributed by atoms with Crippen LogP contribution in [-0.4, -0.2) is 20.3 Å². The normalized spacial score (nSPS) is 12.3. The maximum Gasteiger partial charge on any atom is 0.277 e. The van der Waals surface area contributed by atoms with E-state index in [1.54, 1.807) is 10.9 Å². The van der Waals surface area contributed by atoms with Crippen molar-refractivity contribution in [1.29, 1.82) is 0 Å². The number of fused-ring (bicyclic) bond motifs is 1. The predicted octanol–water partition coefficient (Wildman–Crippen LogP) is 2.40. The lowest BCUT2D eigenvalue weighted by atomic mass is 10.1. The molecule has 0 spiro atoms. The molecular weight excluding hydrogens is 316 g/mol. The van der Waals surface area contributed by atoms with Gasteiger partial charge < -0.3 is 9.88 Å². The molecule has 25 heavy (non-hydrogen) atoms. The highest BCUT2D eigenvalue weighted by atomic mass is 16.2. The molecule has 6 nitrogen and oxygen atoms in total. The number of amides is 1. The molecular formula is C19H22N4O2. The number of nitrogens with one attached hydrogen (secondary N) is 1. The molecule has 3 aromatic rings. The van der Waals surface area contributed by atoms with Gasteiger partial charge in [0.2, 0.25) is 5.91 Å². The highest BCUT2D eigenvalue weighted by Gasteiger charge is 2.15. The van der Waals surface area contributed by atoms with E-state index in [4.69, 9.17) is 0 Å². The van der Waals surface area contributed by atoms with Crippen molar-refractivity contribution in [3.8, 4) is 0 Å². The monoisotopic (exact) mass is 338 g/mol. The van der Waals surface area contributed by atoms with Gasteiger partial charge in [0.15, 0.2) is 0 Å². The molecule has 2 aromatic heterocycles. The highest BCUT2D eigenvalue weighted by Crippen LogP contribution is 2.14. The van der Waals surface area contributed by atoms with Gasteiger partial charge in [0.1, 0.15) is 12.1 Å². The lowest BCUT2D eigenvalue weighted by molar-refractivity contribution is -0.122. The van der Waals surface area contributed by atoms with Crippen molar-refractivity contribution in [2.75, 3.05) is 0 Å². The van der Waals surface area contributed by atoms with E-state index < -0.39 is 0 Å². The quantitative estimate of drug-likeness (QED) is 0.777. The molecule has 1 aromatic carbocycles. The molecule has 0 fully saturated rings. The van der Waals surface area contributed by atoms with Crippen LogP contribution in [0.4, 0.5) is 0 Å². The van der Waals surface area contributed by atoms with Crippen LogP contribution in [0.2, 0.25) is 0 Å². The summed E-state index contributed by atoms with van der Waals surface area (Å²) in [6, 6.07) is 11.5. The van der Waals surface area contributed by atoms with Crippen molar-refractivity contribution in [3.63, 3.8) is 0 Å². The van der Waals surface area contributed by atoms with Gasteiger partial charge in [-0.25, -0.2) is 0 Å². The van der Waals surface area contributed by atoms with Crippen molar-refractivity contribution in [2.45, 2.75) is 39.9 Å². The molecule has 1 N–H and O–H groups in total. The molecule has 130 valence electrons. The molecule has 0 aliphatic heterocycles. The van der Waals surface area contributed by atoms with Crippen LogP contribution in [0.1, 0.15) is 31.1 Å². The van der Waals surface area contributed by atoms with Crippen molar-refractivity contribution >= 4 is 16.8 Å². The molecule has 0 aliphatic carbocycles. The minimum Gasteiger partial charge on any atom is -0.348 e. The molecule has 1 amide bonds. The summed E-state index contributed by atoms with van der Waals surface area (Å²) >= 11 is 0. The number of carbonyl (C=O) groups excluding carboxylic acids is 1. The van der Waals surface area contributed by atoms with Gasteiger partial charge in [0, 0.05) is 18.1 Å². The maximum atomic E-state index is 12.7. The Morgan fingerprint density at radius 1 is 1.24 bits per heavy atom. The Hall–Kier alpha value is -2.89. The second-order valence-corrected chi connectivity index (χ2v) is 6.11. The number of rotatable bonds is 5. The van der Waals surface area contributed by atoms with Crippen LogP contribution in [0.25, 0.3) is 10.9 Å². The van der Waals surface area contributed by atoms with E-state index >= 15 is 0 Å². The Labute approximate surface area is 146 Å². The molecule has 0 bridgehead atoms. The third kappa shape index (κ3) is 3.33. The summed E-state index contributed by atoms with van der Waals surface area (Å²) in [7, 11) is 0. The average Bonchev–Trinajstić information content (AvgIpc) is 2.94. The van der Waals surface area contributed by atoms with Gasteiger partial charge >= 0.3 is 0 Å². The van der Waals surface area contributed by atoms with Crippen molar-refractivity contribution in [1.82, 2.24) is 19.7 Å². The first kappa shape index (κ1) is 17.0. The number of aryl methyl sites for hydroxylation is 2. The Bertz CT molecular complexity index is 957. The average molecular weight is 338 g/mol.